The van der Waals surface area contributed by atoms with Gasteiger partial charge in [0.05, 0.1) is 30.0 Å². The minimum absolute atomic E-state index is 0.0316. The van der Waals surface area contributed by atoms with Crippen molar-refractivity contribution in [2.75, 3.05) is 44.2 Å². The van der Waals surface area contributed by atoms with Crippen LogP contribution in [0.3, 0.4) is 0 Å². The van der Waals surface area contributed by atoms with Gasteiger partial charge in [0.15, 0.2) is 0 Å². The van der Waals surface area contributed by atoms with Gasteiger partial charge in [0.2, 0.25) is 0 Å². The van der Waals surface area contributed by atoms with Crippen LogP contribution in [0.4, 0.5) is 18.9 Å². The van der Waals surface area contributed by atoms with E-state index in [2.05, 4.69) is 4.90 Å². The topological polar surface area (TPSA) is 59.7 Å². The van der Waals surface area contributed by atoms with E-state index in [9.17, 15) is 18.3 Å². The quantitative estimate of drug-likeness (QED) is 0.521. The van der Waals surface area contributed by atoms with Gasteiger partial charge in [-0.3, -0.25) is 4.90 Å². The number of β-amino-alcohol motifs (C(OH)–C–C–N with tert-alkyl or cyclic N) is 1. The lowest BCUT2D eigenvalue weighted by Gasteiger charge is -2.37. The number of nitriles is 1. The van der Waals surface area contributed by atoms with Crippen LogP contribution in [0.15, 0.2) is 66.7 Å². The summed E-state index contributed by atoms with van der Waals surface area (Å²) < 4.78 is 47.1. The van der Waals surface area contributed by atoms with Crippen LogP contribution in [0.5, 0.6) is 0 Å². The summed E-state index contributed by atoms with van der Waals surface area (Å²) in [5.41, 5.74) is 2.15. The van der Waals surface area contributed by atoms with E-state index >= 15 is 0 Å². The number of aliphatic hydroxyl groups is 1. The zero-order valence-corrected chi connectivity index (χ0v) is 19.1. The van der Waals surface area contributed by atoms with E-state index in [1.807, 2.05) is 11.0 Å². The van der Waals surface area contributed by atoms with E-state index in [1.54, 1.807) is 36.4 Å². The molecule has 0 bridgehead atoms. The van der Waals surface area contributed by atoms with Gasteiger partial charge in [-0.2, -0.15) is 5.26 Å². The lowest BCUT2D eigenvalue weighted by molar-refractivity contribution is -0.00898. The molecule has 0 radical (unpaired) electrons. The van der Waals surface area contributed by atoms with Crippen molar-refractivity contribution >= 4 is 5.69 Å². The maximum atomic E-state index is 14.3. The summed E-state index contributed by atoms with van der Waals surface area (Å²) in [6.45, 7) is 2.85. The normalized spacial score (nSPS) is 15.3. The summed E-state index contributed by atoms with van der Waals surface area (Å²) in [6.07, 6.45) is -1.36. The van der Waals surface area contributed by atoms with Gasteiger partial charge in [0, 0.05) is 32.7 Å². The Kier molecular flexibility index (Phi) is 8.03. The summed E-state index contributed by atoms with van der Waals surface area (Å²) in [5.74, 6) is -1.16. The number of aliphatic hydroxyl groups excluding tert-OH is 1. The summed E-state index contributed by atoms with van der Waals surface area (Å²) >= 11 is 0. The monoisotopic (exact) mass is 481 g/mol. The predicted octanol–water partition coefficient (Wildman–Crippen LogP) is 4.26. The van der Waals surface area contributed by atoms with Crippen LogP contribution in [0.25, 0.3) is 0 Å². The number of nitrogens with zero attached hydrogens (tertiary/aromatic N) is 3. The lowest BCUT2D eigenvalue weighted by Crippen LogP contribution is -2.49. The highest BCUT2D eigenvalue weighted by molar-refractivity contribution is 5.51. The minimum Gasteiger partial charge on any atom is -0.389 e. The zero-order valence-electron chi connectivity index (χ0n) is 19.1. The third kappa shape index (κ3) is 6.40. The fourth-order valence-electron chi connectivity index (χ4n) is 4.22. The molecule has 4 rings (SSSR count). The lowest BCUT2D eigenvalue weighted by atomic mass is 10.0. The van der Waals surface area contributed by atoms with Crippen LogP contribution >= 0.6 is 0 Å². The van der Waals surface area contributed by atoms with Crippen LogP contribution in [0.1, 0.15) is 22.8 Å². The van der Waals surface area contributed by atoms with Gasteiger partial charge >= 0.3 is 0 Å². The van der Waals surface area contributed by atoms with Crippen LogP contribution in [-0.4, -0.2) is 55.4 Å². The molecule has 0 saturated carbocycles. The Morgan fingerprint density at radius 3 is 1.94 bits per heavy atom. The van der Waals surface area contributed by atoms with Gasteiger partial charge < -0.3 is 14.7 Å². The number of anilines is 1. The Labute approximate surface area is 202 Å². The molecular formula is C27H26F3N3O2. The van der Waals surface area contributed by atoms with Crippen LogP contribution in [0, 0.1) is 28.8 Å². The average molecular weight is 482 g/mol. The number of halogens is 3. The van der Waals surface area contributed by atoms with Gasteiger partial charge in [0.1, 0.15) is 23.6 Å². The fourth-order valence-corrected chi connectivity index (χ4v) is 4.22. The van der Waals surface area contributed by atoms with E-state index in [0.29, 0.717) is 49.5 Å². The second-order valence-electron chi connectivity index (χ2n) is 8.54. The molecule has 0 aromatic heterocycles. The molecule has 1 aliphatic rings. The van der Waals surface area contributed by atoms with Crippen molar-refractivity contribution in [2.24, 2.45) is 0 Å². The van der Waals surface area contributed by atoms with Crippen LogP contribution in [-0.2, 0) is 4.74 Å². The molecule has 0 aliphatic carbocycles. The molecule has 1 atom stereocenters. The van der Waals surface area contributed by atoms with E-state index in [1.165, 1.54) is 30.3 Å². The van der Waals surface area contributed by atoms with Crippen LogP contribution < -0.4 is 4.90 Å². The first kappa shape index (κ1) is 24.7. The number of hydrogen-bond acceptors (Lipinski definition) is 5. The SMILES string of the molecule is N#Cc1ccc(N2CCN(CC(O)COC(c3ccc(F)cc3)c3ccc(F)cc3)CC2)c(F)c1. The second kappa shape index (κ2) is 11.4. The molecule has 35 heavy (non-hydrogen) atoms. The van der Waals surface area contributed by atoms with Crippen molar-refractivity contribution in [2.45, 2.75) is 12.2 Å². The van der Waals surface area contributed by atoms with Gasteiger partial charge in [-0.25, -0.2) is 13.2 Å². The molecule has 1 N–H and O–H groups in total. The highest BCUT2D eigenvalue weighted by Gasteiger charge is 2.23. The number of rotatable bonds is 8. The summed E-state index contributed by atoms with van der Waals surface area (Å²) in [6, 6.07) is 18.2. The molecule has 1 fully saturated rings. The molecule has 8 heteroatoms. The van der Waals surface area contributed by atoms with Gasteiger partial charge in [-0.15, -0.1) is 0 Å². The van der Waals surface area contributed by atoms with E-state index in [-0.39, 0.29) is 23.8 Å². The van der Waals surface area contributed by atoms with Crippen molar-refractivity contribution in [1.29, 1.82) is 5.26 Å². The van der Waals surface area contributed by atoms with Crippen molar-refractivity contribution in [1.82, 2.24) is 4.90 Å². The van der Waals surface area contributed by atoms with Crippen molar-refractivity contribution in [3.05, 3.63) is 101 Å². The van der Waals surface area contributed by atoms with Crippen molar-refractivity contribution in [3.63, 3.8) is 0 Å². The molecule has 3 aromatic rings. The second-order valence-corrected chi connectivity index (χ2v) is 8.54. The summed E-state index contributed by atoms with van der Waals surface area (Å²) in [7, 11) is 0. The minimum atomic E-state index is -0.781. The Hall–Kier alpha value is -3.38. The first-order chi connectivity index (χ1) is 16.9. The van der Waals surface area contributed by atoms with Crippen LogP contribution in [0.2, 0.25) is 0 Å². The van der Waals surface area contributed by atoms with Crippen molar-refractivity contribution in [3.8, 4) is 6.07 Å². The predicted molar refractivity (Wildman–Crippen MR) is 126 cm³/mol. The molecule has 1 heterocycles. The Morgan fingerprint density at radius 1 is 0.857 bits per heavy atom. The largest absolute Gasteiger partial charge is 0.389 e. The third-order valence-electron chi connectivity index (χ3n) is 6.06. The zero-order chi connectivity index (χ0) is 24.8. The molecular weight excluding hydrogens is 455 g/mol. The Balaban J connectivity index is 1.33. The standard InChI is InChI=1S/C27H26F3N3O2/c28-22-6-2-20(3-7-22)27(21-4-8-23(29)9-5-21)35-18-24(34)17-32-11-13-33(14-12-32)26-10-1-19(16-31)15-25(26)30/h1-10,15,24,27,34H,11-14,17-18H2. The average Bonchev–Trinajstić information content (AvgIpc) is 2.86. The third-order valence-corrected chi connectivity index (χ3v) is 6.06. The maximum Gasteiger partial charge on any atom is 0.147 e. The summed E-state index contributed by atoms with van der Waals surface area (Å²) in [5, 5.41) is 19.5. The first-order valence-electron chi connectivity index (χ1n) is 11.4. The molecule has 1 unspecified atom stereocenters. The highest BCUT2D eigenvalue weighted by Crippen LogP contribution is 2.27. The number of hydrogen-bond donors (Lipinski definition) is 1. The molecule has 0 spiro atoms. The Morgan fingerprint density at radius 2 is 1.43 bits per heavy atom. The number of benzene rings is 3. The van der Waals surface area contributed by atoms with Crippen molar-refractivity contribution < 1.29 is 23.0 Å². The van der Waals surface area contributed by atoms with E-state index in [0.717, 1.165) is 0 Å². The van der Waals surface area contributed by atoms with Gasteiger partial charge in [-0.05, 0) is 53.6 Å². The molecule has 1 saturated heterocycles. The smallest absolute Gasteiger partial charge is 0.147 e. The van der Waals surface area contributed by atoms with E-state index in [4.69, 9.17) is 10.00 Å². The molecule has 3 aromatic carbocycles. The van der Waals surface area contributed by atoms with Gasteiger partial charge in [-0.1, -0.05) is 24.3 Å². The molecule has 1 aliphatic heterocycles. The molecule has 182 valence electrons. The van der Waals surface area contributed by atoms with E-state index < -0.39 is 18.0 Å². The maximum absolute atomic E-state index is 14.3. The fraction of sp³-hybridized carbons (Fsp3) is 0.296. The Bertz CT molecular complexity index is 1110. The first-order valence-corrected chi connectivity index (χ1v) is 11.4. The molecule has 0 amide bonds. The summed E-state index contributed by atoms with van der Waals surface area (Å²) in [4.78, 5) is 4.01. The number of piperazine rings is 1. The highest BCUT2D eigenvalue weighted by atomic mass is 19.1. The molecule has 5 nitrogen and oxygen atoms in total. The number of ether oxygens (including phenoxy) is 1. The van der Waals surface area contributed by atoms with Gasteiger partial charge in [0.25, 0.3) is 0 Å².